The lowest BCUT2D eigenvalue weighted by atomic mass is 9.75. The maximum Gasteiger partial charge on any atom is 0.0751 e. The van der Waals surface area contributed by atoms with Gasteiger partial charge >= 0.3 is 0 Å². The molecule has 0 aromatic heterocycles. The van der Waals surface area contributed by atoms with Crippen LogP contribution in [0.4, 0.5) is 0 Å². The molecule has 1 aliphatic rings. The molecule has 0 saturated carbocycles. The monoisotopic (exact) mass is 282 g/mol. The fourth-order valence-electron chi connectivity index (χ4n) is 3.17. The molecule has 118 valence electrons. The molecule has 2 unspecified atom stereocenters. The van der Waals surface area contributed by atoms with Crippen LogP contribution in [0.5, 0.6) is 0 Å². The zero-order chi connectivity index (χ0) is 15.0. The van der Waals surface area contributed by atoms with Gasteiger partial charge < -0.3 is 10.2 Å². The third-order valence-corrected chi connectivity index (χ3v) is 4.92. The summed E-state index contributed by atoms with van der Waals surface area (Å²) in [5.41, 5.74) is 0.440. The van der Waals surface area contributed by atoms with E-state index in [-0.39, 0.29) is 12.0 Å². The fraction of sp³-hybridized carbons (Fsp3) is 0.889. The summed E-state index contributed by atoms with van der Waals surface area (Å²) in [5, 5.41) is 20.6. The minimum absolute atomic E-state index is 0.210. The Hall–Kier alpha value is -0.340. The quantitative estimate of drug-likeness (QED) is 0.479. The van der Waals surface area contributed by atoms with E-state index in [9.17, 15) is 10.2 Å². The van der Waals surface area contributed by atoms with Crippen LogP contribution in [-0.2, 0) is 0 Å². The summed E-state index contributed by atoms with van der Waals surface area (Å²) in [4.78, 5) is 0. The first-order valence-electron chi connectivity index (χ1n) is 8.54. The Bertz CT molecular complexity index is 294. The van der Waals surface area contributed by atoms with Crippen LogP contribution in [-0.4, -0.2) is 21.9 Å². The third kappa shape index (κ3) is 5.97. The number of aliphatic hydroxyl groups is 2. The molecular formula is C18H34O2. The molecule has 0 saturated heterocycles. The van der Waals surface area contributed by atoms with Crippen molar-refractivity contribution >= 4 is 0 Å². The van der Waals surface area contributed by atoms with E-state index in [1.54, 1.807) is 0 Å². The lowest BCUT2D eigenvalue weighted by Gasteiger charge is -2.36. The van der Waals surface area contributed by atoms with Crippen molar-refractivity contribution in [2.24, 2.45) is 5.92 Å². The van der Waals surface area contributed by atoms with Gasteiger partial charge in [0.05, 0.1) is 11.7 Å². The summed E-state index contributed by atoms with van der Waals surface area (Å²) >= 11 is 0. The van der Waals surface area contributed by atoms with Crippen LogP contribution in [0.3, 0.4) is 0 Å². The summed E-state index contributed by atoms with van der Waals surface area (Å²) in [6.07, 6.45) is 13.2. The van der Waals surface area contributed by atoms with Gasteiger partial charge in [0, 0.05) is 0 Å². The molecule has 1 aliphatic carbocycles. The van der Waals surface area contributed by atoms with E-state index < -0.39 is 5.60 Å². The summed E-state index contributed by atoms with van der Waals surface area (Å²) < 4.78 is 0. The smallest absolute Gasteiger partial charge is 0.0751 e. The van der Waals surface area contributed by atoms with Crippen molar-refractivity contribution in [3.63, 3.8) is 0 Å². The lowest BCUT2D eigenvalue weighted by molar-refractivity contribution is -0.0295. The highest BCUT2D eigenvalue weighted by atomic mass is 16.3. The average molecular weight is 282 g/mol. The van der Waals surface area contributed by atoms with Gasteiger partial charge in [-0.1, -0.05) is 57.9 Å². The van der Waals surface area contributed by atoms with Crippen molar-refractivity contribution in [2.45, 2.75) is 96.7 Å². The van der Waals surface area contributed by atoms with E-state index in [1.165, 1.54) is 38.5 Å². The first-order chi connectivity index (χ1) is 9.47. The van der Waals surface area contributed by atoms with Gasteiger partial charge in [-0.2, -0.15) is 0 Å². The highest BCUT2D eigenvalue weighted by Crippen LogP contribution is 2.35. The largest absolute Gasteiger partial charge is 0.390 e. The van der Waals surface area contributed by atoms with E-state index in [0.717, 1.165) is 24.8 Å². The Morgan fingerprint density at radius 2 is 1.75 bits per heavy atom. The van der Waals surface area contributed by atoms with Gasteiger partial charge in [0.2, 0.25) is 0 Å². The van der Waals surface area contributed by atoms with Crippen molar-refractivity contribution in [2.75, 3.05) is 0 Å². The van der Waals surface area contributed by atoms with E-state index >= 15 is 0 Å². The molecule has 0 spiro atoms. The number of hydrogen-bond acceptors (Lipinski definition) is 2. The second kappa shape index (κ2) is 8.84. The van der Waals surface area contributed by atoms with Gasteiger partial charge in [-0.15, -0.1) is 0 Å². The molecule has 20 heavy (non-hydrogen) atoms. The van der Waals surface area contributed by atoms with Gasteiger partial charge in [-0.25, -0.2) is 0 Å². The van der Waals surface area contributed by atoms with Crippen LogP contribution in [0.2, 0.25) is 0 Å². The van der Waals surface area contributed by atoms with E-state index in [1.807, 2.05) is 13.8 Å². The molecule has 0 fully saturated rings. The number of allylic oxidation sites excluding steroid dienone is 1. The summed E-state index contributed by atoms with van der Waals surface area (Å²) in [6, 6.07) is 0. The predicted molar refractivity (Wildman–Crippen MR) is 85.7 cm³/mol. The average Bonchev–Trinajstić information content (AvgIpc) is 2.40. The van der Waals surface area contributed by atoms with Crippen LogP contribution in [0.1, 0.15) is 85.0 Å². The highest BCUT2D eigenvalue weighted by Gasteiger charge is 2.34. The Morgan fingerprint density at radius 3 is 2.35 bits per heavy atom. The van der Waals surface area contributed by atoms with Gasteiger partial charge in [-0.3, -0.25) is 0 Å². The SMILES string of the molecule is CCCCCCCCCC(C)(O)[C@@H]1CC=C(C)C(O)C1. The molecule has 1 rings (SSSR count). The molecule has 0 amide bonds. The van der Waals surface area contributed by atoms with Crippen molar-refractivity contribution in [1.82, 2.24) is 0 Å². The van der Waals surface area contributed by atoms with E-state index in [0.29, 0.717) is 6.42 Å². The van der Waals surface area contributed by atoms with Gasteiger partial charge in [0.1, 0.15) is 0 Å². The minimum atomic E-state index is -0.623. The number of unbranched alkanes of at least 4 members (excludes halogenated alkanes) is 6. The number of hydrogen-bond donors (Lipinski definition) is 2. The zero-order valence-electron chi connectivity index (χ0n) is 13.7. The van der Waals surface area contributed by atoms with E-state index in [2.05, 4.69) is 13.0 Å². The van der Waals surface area contributed by atoms with Crippen LogP contribution in [0.25, 0.3) is 0 Å². The van der Waals surface area contributed by atoms with Gasteiger partial charge in [-0.05, 0) is 44.6 Å². The lowest BCUT2D eigenvalue weighted by Crippen LogP contribution is -2.38. The Labute approximate surface area is 125 Å². The second-order valence-corrected chi connectivity index (χ2v) is 6.86. The molecular weight excluding hydrogens is 248 g/mol. The zero-order valence-corrected chi connectivity index (χ0v) is 13.7. The molecule has 0 radical (unpaired) electrons. The Balaban J connectivity index is 2.21. The number of rotatable bonds is 9. The van der Waals surface area contributed by atoms with Gasteiger partial charge in [0.25, 0.3) is 0 Å². The van der Waals surface area contributed by atoms with Crippen LogP contribution in [0.15, 0.2) is 11.6 Å². The van der Waals surface area contributed by atoms with Crippen LogP contribution in [0, 0.1) is 5.92 Å². The summed E-state index contributed by atoms with van der Waals surface area (Å²) in [5.74, 6) is 0.210. The number of aliphatic hydroxyl groups excluding tert-OH is 1. The van der Waals surface area contributed by atoms with Crippen LogP contribution < -0.4 is 0 Å². The second-order valence-electron chi connectivity index (χ2n) is 6.86. The maximum atomic E-state index is 10.6. The first kappa shape index (κ1) is 17.7. The normalized spacial score (nSPS) is 26.1. The summed E-state index contributed by atoms with van der Waals surface area (Å²) in [6.45, 7) is 6.17. The van der Waals surface area contributed by atoms with Gasteiger partial charge in [0.15, 0.2) is 0 Å². The van der Waals surface area contributed by atoms with Crippen molar-refractivity contribution in [1.29, 1.82) is 0 Å². The van der Waals surface area contributed by atoms with E-state index in [4.69, 9.17) is 0 Å². The molecule has 0 bridgehead atoms. The Kier molecular flexibility index (Phi) is 7.83. The standard InChI is InChI=1S/C18H34O2/c1-4-5-6-7-8-9-10-13-18(3,20)16-12-11-15(2)17(19)14-16/h11,16-17,19-20H,4-10,12-14H2,1-3H3/t16-,17?,18?/m1/s1. The molecule has 0 aliphatic heterocycles. The Morgan fingerprint density at radius 1 is 1.15 bits per heavy atom. The predicted octanol–water partition coefficient (Wildman–Crippen LogP) is 4.60. The van der Waals surface area contributed by atoms with Crippen molar-refractivity contribution < 1.29 is 10.2 Å². The molecule has 0 aromatic carbocycles. The first-order valence-corrected chi connectivity index (χ1v) is 8.54. The molecule has 0 aromatic rings. The minimum Gasteiger partial charge on any atom is -0.390 e. The van der Waals surface area contributed by atoms with Crippen molar-refractivity contribution in [3.05, 3.63) is 11.6 Å². The highest BCUT2D eigenvalue weighted by molar-refractivity contribution is 5.11. The summed E-state index contributed by atoms with van der Waals surface area (Å²) in [7, 11) is 0. The molecule has 2 nitrogen and oxygen atoms in total. The third-order valence-electron chi connectivity index (χ3n) is 4.92. The molecule has 3 atom stereocenters. The maximum absolute atomic E-state index is 10.6. The van der Waals surface area contributed by atoms with Crippen LogP contribution >= 0.6 is 0 Å². The van der Waals surface area contributed by atoms with Crippen molar-refractivity contribution in [3.8, 4) is 0 Å². The molecule has 2 heteroatoms. The molecule has 0 heterocycles. The molecule has 2 N–H and O–H groups in total. The fourth-order valence-corrected chi connectivity index (χ4v) is 3.17. The topological polar surface area (TPSA) is 40.5 Å².